The predicted octanol–water partition coefficient (Wildman–Crippen LogP) is 5.49. The van der Waals surface area contributed by atoms with Crippen molar-refractivity contribution in [1.82, 2.24) is 0 Å². The average molecular weight is 416 g/mol. The third-order valence-corrected chi connectivity index (χ3v) is 3.69. The summed E-state index contributed by atoms with van der Waals surface area (Å²) in [5, 5.41) is 10.9. The van der Waals surface area contributed by atoms with Crippen LogP contribution in [-0.4, -0.2) is 22.6 Å². The summed E-state index contributed by atoms with van der Waals surface area (Å²) in [7, 11) is 0. The van der Waals surface area contributed by atoms with Crippen LogP contribution in [0.1, 0.15) is 47.1 Å². The lowest BCUT2D eigenvalue weighted by Crippen LogP contribution is -2.25. The zero-order chi connectivity index (χ0) is 21.3. The van der Waals surface area contributed by atoms with Crippen LogP contribution in [0.15, 0.2) is 36.4 Å². The van der Waals surface area contributed by atoms with Gasteiger partial charge < -0.3 is 15.2 Å². The number of ether oxygens (including phenoxy) is 1. The van der Waals surface area contributed by atoms with Crippen molar-refractivity contribution in [2.45, 2.75) is 32.5 Å². The lowest BCUT2D eigenvalue weighted by atomic mass is 10.1. The summed E-state index contributed by atoms with van der Waals surface area (Å²) >= 11 is 5.98. The number of carbonyl (C=O) groups excluding carboxylic acids is 1. The first-order valence-electron chi connectivity index (χ1n) is 8.02. The molecule has 9 heteroatoms. The molecule has 0 heterocycles. The topological polar surface area (TPSA) is 75.6 Å². The molecule has 0 aromatic heterocycles. The van der Waals surface area contributed by atoms with Crippen molar-refractivity contribution in [3.63, 3.8) is 0 Å². The van der Waals surface area contributed by atoms with Crippen molar-refractivity contribution in [1.29, 1.82) is 0 Å². The van der Waals surface area contributed by atoms with Crippen LogP contribution < -0.4 is 10.1 Å². The van der Waals surface area contributed by atoms with Gasteiger partial charge in [0.25, 0.3) is 5.91 Å². The lowest BCUT2D eigenvalue weighted by Gasteiger charge is -2.25. The maximum Gasteiger partial charge on any atom is 0.420 e. The number of carboxylic acids is 1. The highest BCUT2D eigenvalue weighted by atomic mass is 35.5. The Labute approximate surface area is 164 Å². The molecule has 0 bridgehead atoms. The van der Waals surface area contributed by atoms with E-state index in [0.717, 1.165) is 6.07 Å². The summed E-state index contributed by atoms with van der Waals surface area (Å²) in [5.41, 5.74) is -2.19. The molecule has 5 nitrogen and oxygen atoms in total. The van der Waals surface area contributed by atoms with E-state index >= 15 is 0 Å². The van der Waals surface area contributed by atoms with E-state index in [1.807, 2.05) is 0 Å². The highest BCUT2D eigenvalue weighted by Crippen LogP contribution is 2.42. The van der Waals surface area contributed by atoms with Crippen LogP contribution in [0.25, 0.3) is 0 Å². The number of amides is 1. The number of carbonyl (C=O) groups is 2. The Morgan fingerprint density at radius 1 is 1.04 bits per heavy atom. The first kappa shape index (κ1) is 21.6. The fourth-order valence-corrected chi connectivity index (χ4v) is 2.50. The zero-order valence-electron chi connectivity index (χ0n) is 15.1. The molecule has 0 radical (unpaired) electrons. The third-order valence-electron chi connectivity index (χ3n) is 3.41. The Kier molecular flexibility index (Phi) is 5.94. The number of nitrogens with one attached hydrogen (secondary N) is 1. The second-order valence-electron chi connectivity index (χ2n) is 6.88. The van der Waals surface area contributed by atoms with Gasteiger partial charge in [0, 0.05) is 11.3 Å². The number of benzene rings is 2. The van der Waals surface area contributed by atoms with Crippen LogP contribution in [-0.2, 0) is 6.18 Å². The molecule has 2 rings (SSSR count). The molecule has 0 aliphatic heterocycles. The van der Waals surface area contributed by atoms with Gasteiger partial charge in [-0.05, 0) is 57.2 Å². The molecule has 0 spiro atoms. The van der Waals surface area contributed by atoms with Gasteiger partial charge in [0.1, 0.15) is 5.60 Å². The van der Waals surface area contributed by atoms with Gasteiger partial charge in [-0.3, -0.25) is 4.79 Å². The van der Waals surface area contributed by atoms with E-state index in [0.29, 0.717) is 6.07 Å². The molecule has 28 heavy (non-hydrogen) atoms. The van der Waals surface area contributed by atoms with Crippen molar-refractivity contribution < 1.29 is 32.6 Å². The first-order chi connectivity index (χ1) is 12.8. The van der Waals surface area contributed by atoms with Gasteiger partial charge in [-0.25, -0.2) is 4.79 Å². The summed E-state index contributed by atoms with van der Waals surface area (Å²) in [6.07, 6.45) is -4.79. The highest BCUT2D eigenvalue weighted by Gasteiger charge is 2.37. The maximum absolute atomic E-state index is 13.5. The zero-order valence-corrected chi connectivity index (χ0v) is 15.9. The number of halogens is 4. The Morgan fingerprint density at radius 2 is 1.61 bits per heavy atom. The van der Waals surface area contributed by atoms with Crippen molar-refractivity contribution in [3.05, 3.63) is 58.1 Å². The molecule has 0 aliphatic rings. The number of rotatable bonds is 4. The molecule has 0 saturated heterocycles. The van der Waals surface area contributed by atoms with Gasteiger partial charge >= 0.3 is 12.1 Å². The fraction of sp³-hybridized carbons (Fsp3) is 0.263. The Balaban J connectivity index is 2.38. The highest BCUT2D eigenvalue weighted by molar-refractivity contribution is 6.32. The van der Waals surface area contributed by atoms with Crippen molar-refractivity contribution >= 4 is 29.2 Å². The SMILES string of the molecule is CC(C)(C)Oc1c(Cl)cc(C(=O)Nc2ccc(C(=O)O)cc2)cc1C(F)(F)F. The standard InChI is InChI=1S/C19H17ClF3NO4/c1-18(2,3)28-15-13(19(21,22)23)8-11(9-14(15)20)16(25)24-12-6-4-10(5-7-12)17(26)27/h4-9H,1-3H3,(H,24,25)(H,26,27). The van der Waals surface area contributed by atoms with Gasteiger partial charge in [0.15, 0.2) is 5.75 Å². The summed E-state index contributed by atoms with van der Waals surface area (Å²) in [5.74, 6) is -2.53. The number of hydrogen-bond acceptors (Lipinski definition) is 3. The number of hydrogen-bond donors (Lipinski definition) is 2. The van der Waals surface area contributed by atoms with E-state index in [9.17, 15) is 22.8 Å². The van der Waals surface area contributed by atoms with E-state index in [-0.39, 0.29) is 21.8 Å². The smallest absolute Gasteiger partial charge is 0.420 e. The van der Waals surface area contributed by atoms with Crippen molar-refractivity contribution in [3.8, 4) is 5.75 Å². The molecule has 0 atom stereocenters. The minimum absolute atomic E-state index is 0.00378. The van der Waals surface area contributed by atoms with Crippen LogP contribution in [0.3, 0.4) is 0 Å². The fourth-order valence-electron chi connectivity index (χ4n) is 2.24. The first-order valence-corrected chi connectivity index (χ1v) is 8.40. The summed E-state index contributed by atoms with van der Waals surface area (Å²) in [4.78, 5) is 23.2. The van der Waals surface area contributed by atoms with E-state index < -0.39 is 35.0 Å². The van der Waals surface area contributed by atoms with Crippen LogP contribution in [0.2, 0.25) is 5.02 Å². The third kappa shape index (κ3) is 5.39. The Morgan fingerprint density at radius 3 is 2.07 bits per heavy atom. The number of carboxylic acid groups (broad SMARTS) is 1. The molecule has 2 aromatic carbocycles. The molecular weight excluding hydrogens is 399 g/mol. The van der Waals surface area contributed by atoms with Crippen molar-refractivity contribution in [2.24, 2.45) is 0 Å². The second-order valence-corrected chi connectivity index (χ2v) is 7.29. The molecule has 150 valence electrons. The lowest BCUT2D eigenvalue weighted by molar-refractivity contribution is -0.139. The van der Waals surface area contributed by atoms with E-state index in [1.54, 1.807) is 20.8 Å². The summed E-state index contributed by atoms with van der Waals surface area (Å²) in [6, 6.07) is 6.90. The summed E-state index contributed by atoms with van der Waals surface area (Å²) < 4.78 is 45.7. The largest absolute Gasteiger partial charge is 0.486 e. The van der Waals surface area contributed by atoms with Crippen LogP contribution in [0.5, 0.6) is 5.75 Å². The number of aromatic carboxylic acids is 1. The molecular formula is C19H17ClF3NO4. The second kappa shape index (κ2) is 7.71. The molecule has 0 aliphatic carbocycles. The summed E-state index contributed by atoms with van der Waals surface area (Å²) in [6.45, 7) is 4.72. The van der Waals surface area contributed by atoms with Gasteiger partial charge in [-0.15, -0.1) is 0 Å². The van der Waals surface area contributed by atoms with Gasteiger partial charge in [-0.1, -0.05) is 11.6 Å². The molecule has 0 saturated carbocycles. The maximum atomic E-state index is 13.5. The van der Waals surface area contributed by atoms with E-state index in [1.165, 1.54) is 24.3 Å². The Bertz CT molecular complexity index is 903. The van der Waals surface area contributed by atoms with Crippen LogP contribution in [0, 0.1) is 0 Å². The molecule has 0 fully saturated rings. The predicted molar refractivity (Wildman–Crippen MR) is 98.2 cm³/mol. The average Bonchev–Trinajstić information content (AvgIpc) is 2.54. The number of anilines is 1. The molecule has 2 N–H and O–H groups in total. The normalized spacial score (nSPS) is 11.8. The van der Waals surface area contributed by atoms with Crippen LogP contribution >= 0.6 is 11.6 Å². The van der Waals surface area contributed by atoms with Crippen LogP contribution in [0.4, 0.5) is 18.9 Å². The van der Waals surface area contributed by atoms with E-state index in [4.69, 9.17) is 21.4 Å². The number of alkyl halides is 3. The van der Waals surface area contributed by atoms with Crippen molar-refractivity contribution in [2.75, 3.05) is 5.32 Å². The minimum Gasteiger partial charge on any atom is -0.486 e. The Hall–Kier alpha value is -2.74. The molecule has 2 aromatic rings. The molecule has 0 unspecified atom stereocenters. The quantitative estimate of drug-likeness (QED) is 0.692. The minimum atomic E-state index is -4.79. The van der Waals surface area contributed by atoms with E-state index in [2.05, 4.69) is 5.32 Å². The van der Waals surface area contributed by atoms with Gasteiger partial charge in [0.2, 0.25) is 0 Å². The van der Waals surface area contributed by atoms with Gasteiger partial charge in [-0.2, -0.15) is 13.2 Å². The molecule has 1 amide bonds. The monoisotopic (exact) mass is 415 g/mol. The van der Waals surface area contributed by atoms with Gasteiger partial charge in [0.05, 0.1) is 16.1 Å².